The van der Waals surface area contributed by atoms with E-state index in [4.69, 9.17) is 0 Å². The van der Waals surface area contributed by atoms with Crippen LogP contribution in [0.2, 0.25) is 0 Å². The van der Waals surface area contributed by atoms with Crippen molar-refractivity contribution in [1.82, 2.24) is 0 Å². The summed E-state index contributed by atoms with van der Waals surface area (Å²) in [5.74, 6) is 0. The van der Waals surface area contributed by atoms with E-state index in [1.807, 2.05) is 13.8 Å². The Balaban J connectivity index is 0.000000531. The molecule has 0 radical (unpaired) electrons. The van der Waals surface area contributed by atoms with E-state index >= 15 is 0 Å². The Morgan fingerprint density at radius 2 is 1.73 bits per heavy atom. The van der Waals surface area contributed by atoms with Gasteiger partial charge in [-0.1, -0.05) is 44.2 Å². The maximum Gasteiger partial charge on any atom is 0.163 e. The molecule has 0 saturated heterocycles. The molecule has 2 rings (SSSR count). The zero-order chi connectivity index (χ0) is 11.1. The highest BCUT2D eigenvalue weighted by Gasteiger charge is 2.08. The third-order valence-electron chi connectivity index (χ3n) is 2.41. The molecule has 0 aliphatic carbocycles. The summed E-state index contributed by atoms with van der Waals surface area (Å²) in [4.78, 5) is 0. The molecule has 0 unspecified atom stereocenters. The van der Waals surface area contributed by atoms with Gasteiger partial charge in [-0.2, -0.15) is 0 Å². The molecule has 1 aromatic carbocycles. The van der Waals surface area contributed by atoms with Crippen LogP contribution >= 0.6 is 0 Å². The summed E-state index contributed by atoms with van der Waals surface area (Å²) in [5.41, 5.74) is 2.80. The minimum Gasteiger partial charge on any atom is -0.238 e. The Hall–Kier alpha value is -1.37. The highest BCUT2D eigenvalue weighted by atomic mass is 14.9. The van der Waals surface area contributed by atoms with Crippen molar-refractivity contribution in [2.45, 2.75) is 20.3 Å². The Morgan fingerprint density at radius 1 is 1.07 bits per heavy atom. The van der Waals surface area contributed by atoms with E-state index in [0.717, 1.165) is 13.0 Å². The first-order valence-electron chi connectivity index (χ1n) is 5.66. The quantitative estimate of drug-likeness (QED) is 0.615. The summed E-state index contributed by atoms with van der Waals surface area (Å²) in [7, 11) is 2.11. The first-order valence-corrected chi connectivity index (χ1v) is 5.66. The molecule has 0 bridgehead atoms. The molecule has 0 aromatic heterocycles. The van der Waals surface area contributed by atoms with Crippen LogP contribution in [0, 0.1) is 0 Å². The van der Waals surface area contributed by atoms with Gasteiger partial charge < -0.3 is 0 Å². The molecule has 1 aromatic rings. The highest BCUT2D eigenvalue weighted by molar-refractivity contribution is 5.83. The predicted molar refractivity (Wildman–Crippen MR) is 67.5 cm³/mol. The van der Waals surface area contributed by atoms with E-state index in [1.165, 1.54) is 11.1 Å². The van der Waals surface area contributed by atoms with Crippen LogP contribution < -0.4 is 0 Å². The molecule has 80 valence electrons. The highest BCUT2D eigenvalue weighted by Crippen LogP contribution is 2.18. The summed E-state index contributed by atoms with van der Waals surface area (Å²) >= 11 is 0. The van der Waals surface area contributed by atoms with Crippen molar-refractivity contribution in [2.75, 3.05) is 13.6 Å². The zero-order valence-corrected chi connectivity index (χ0v) is 9.90. The van der Waals surface area contributed by atoms with Crippen LogP contribution in [0.1, 0.15) is 25.8 Å². The number of nitrogens with zero attached hydrogens (tertiary/aromatic N) is 1. The third kappa shape index (κ3) is 3.35. The van der Waals surface area contributed by atoms with Gasteiger partial charge in [0.15, 0.2) is 6.21 Å². The Labute approximate surface area is 92.8 Å². The summed E-state index contributed by atoms with van der Waals surface area (Å²) < 4.78 is 2.21. The van der Waals surface area contributed by atoms with Gasteiger partial charge in [0, 0.05) is 12.5 Å². The lowest BCUT2D eigenvalue weighted by Crippen LogP contribution is -2.12. The van der Waals surface area contributed by atoms with E-state index in [1.54, 1.807) is 0 Å². The Morgan fingerprint density at radius 3 is 2.27 bits per heavy atom. The molecule has 0 atom stereocenters. The van der Waals surface area contributed by atoms with Gasteiger partial charge in [-0.15, -0.1) is 0 Å². The van der Waals surface area contributed by atoms with Gasteiger partial charge in [-0.25, -0.2) is 4.58 Å². The van der Waals surface area contributed by atoms with Crippen LogP contribution in [0.25, 0.3) is 5.57 Å². The fraction of sp³-hybridized carbons (Fsp3) is 0.357. The molecule has 0 amide bonds. The minimum absolute atomic E-state index is 1.13. The number of hydrogen-bond donors (Lipinski definition) is 0. The van der Waals surface area contributed by atoms with Crippen molar-refractivity contribution in [3.63, 3.8) is 0 Å². The van der Waals surface area contributed by atoms with Gasteiger partial charge >= 0.3 is 0 Å². The number of benzene rings is 1. The molecular weight excluding hydrogens is 182 g/mol. The van der Waals surface area contributed by atoms with Crippen LogP contribution in [0.4, 0.5) is 0 Å². The maximum absolute atomic E-state index is 2.21. The topological polar surface area (TPSA) is 3.01 Å². The molecule has 1 aliphatic rings. The van der Waals surface area contributed by atoms with Crippen LogP contribution in [-0.4, -0.2) is 24.4 Å². The third-order valence-corrected chi connectivity index (χ3v) is 2.41. The average Bonchev–Trinajstić information content (AvgIpc) is 2.34. The van der Waals surface area contributed by atoms with Crippen molar-refractivity contribution in [3.05, 3.63) is 42.0 Å². The first kappa shape index (κ1) is 11.7. The van der Waals surface area contributed by atoms with E-state index in [0.29, 0.717) is 0 Å². The standard InChI is InChI=1S/C12H14N.C2H6/c1-13-9-7-12(8-10-13)11-5-3-2-4-6-11;1-2/h2-7,9H,8,10H2,1H3;1-2H3/q+1;. The molecule has 1 aliphatic heterocycles. The smallest absolute Gasteiger partial charge is 0.163 e. The summed E-state index contributed by atoms with van der Waals surface area (Å²) in [6.07, 6.45) is 5.50. The lowest BCUT2D eigenvalue weighted by molar-refractivity contribution is -0.491. The molecule has 15 heavy (non-hydrogen) atoms. The van der Waals surface area contributed by atoms with Crippen molar-refractivity contribution in [2.24, 2.45) is 0 Å². The largest absolute Gasteiger partial charge is 0.238 e. The normalized spacial score (nSPS) is 14.6. The molecule has 1 heterocycles. The van der Waals surface area contributed by atoms with E-state index < -0.39 is 0 Å². The Bertz CT molecular complexity index is 347. The monoisotopic (exact) mass is 202 g/mol. The number of hydrogen-bond acceptors (Lipinski definition) is 0. The second-order valence-corrected chi connectivity index (χ2v) is 3.44. The number of rotatable bonds is 1. The van der Waals surface area contributed by atoms with Crippen molar-refractivity contribution < 1.29 is 4.58 Å². The zero-order valence-electron chi connectivity index (χ0n) is 9.90. The van der Waals surface area contributed by atoms with E-state index in [9.17, 15) is 0 Å². The second kappa shape index (κ2) is 6.18. The first-order chi connectivity index (χ1) is 7.36. The molecule has 0 fully saturated rings. The van der Waals surface area contributed by atoms with Crippen molar-refractivity contribution in [1.29, 1.82) is 0 Å². The number of allylic oxidation sites excluding steroid dienone is 1. The fourth-order valence-electron chi connectivity index (χ4n) is 1.56. The van der Waals surface area contributed by atoms with Gasteiger partial charge in [0.1, 0.15) is 13.6 Å². The lowest BCUT2D eigenvalue weighted by Gasteiger charge is -2.08. The van der Waals surface area contributed by atoms with Crippen LogP contribution in [-0.2, 0) is 0 Å². The van der Waals surface area contributed by atoms with E-state index in [-0.39, 0.29) is 0 Å². The van der Waals surface area contributed by atoms with Crippen LogP contribution in [0.3, 0.4) is 0 Å². The van der Waals surface area contributed by atoms with Gasteiger partial charge in [-0.05, 0) is 11.1 Å². The maximum atomic E-state index is 2.21. The summed E-state index contributed by atoms with van der Waals surface area (Å²) in [6.45, 7) is 5.13. The van der Waals surface area contributed by atoms with Gasteiger partial charge in [0.05, 0.1) is 0 Å². The van der Waals surface area contributed by atoms with Gasteiger partial charge in [0.25, 0.3) is 0 Å². The Kier molecular flexibility index (Phi) is 4.82. The molecule has 1 nitrogen and oxygen atoms in total. The van der Waals surface area contributed by atoms with Crippen LogP contribution in [0.5, 0.6) is 0 Å². The summed E-state index contributed by atoms with van der Waals surface area (Å²) in [5, 5.41) is 0. The summed E-state index contributed by atoms with van der Waals surface area (Å²) in [6, 6.07) is 10.6. The van der Waals surface area contributed by atoms with Crippen molar-refractivity contribution >= 4 is 11.8 Å². The predicted octanol–water partition coefficient (Wildman–Crippen LogP) is 3.21. The molecule has 0 saturated carbocycles. The molecular formula is C14H20N+. The molecule has 0 spiro atoms. The lowest BCUT2D eigenvalue weighted by atomic mass is 10.0. The average molecular weight is 202 g/mol. The van der Waals surface area contributed by atoms with Gasteiger partial charge in [-0.3, -0.25) is 0 Å². The minimum atomic E-state index is 1.13. The van der Waals surface area contributed by atoms with Crippen molar-refractivity contribution in [3.8, 4) is 0 Å². The second-order valence-electron chi connectivity index (χ2n) is 3.44. The fourth-order valence-corrected chi connectivity index (χ4v) is 1.56. The van der Waals surface area contributed by atoms with Crippen LogP contribution in [0.15, 0.2) is 36.4 Å². The molecule has 1 heteroatoms. The SMILES string of the molecule is CC.C[N+]1=CC=C(c2ccccc2)CC1. The molecule has 0 N–H and O–H groups in total. The van der Waals surface area contributed by atoms with E-state index in [2.05, 4.69) is 54.2 Å². The van der Waals surface area contributed by atoms with Gasteiger partial charge in [0.2, 0.25) is 0 Å².